The molecule has 1 aromatic carbocycles. The Kier molecular flexibility index (Phi) is 5.81. The number of fused-ring (bicyclic) bond motifs is 1. The van der Waals surface area contributed by atoms with Crippen molar-refractivity contribution < 1.29 is 4.79 Å². The van der Waals surface area contributed by atoms with Crippen LogP contribution in [-0.4, -0.2) is 30.5 Å². The van der Waals surface area contributed by atoms with E-state index in [1.807, 2.05) is 18.2 Å². The summed E-state index contributed by atoms with van der Waals surface area (Å²) in [5.41, 5.74) is 0.934. The van der Waals surface area contributed by atoms with Crippen molar-refractivity contribution in [3.8, 4) is 0 Å². The topological polar surface area (TPSA) is 54.0 Å². The van der Waals surface area contributed by atoms with Gasteiger partial charge in [0, 0.05) is 24.5 Å². The van der Waals surface area contributed by atoms with Crippen LogP contribution in [-0.2, 0) is 11.2 Å². The van der Waals surface area contributed by atoms with Gasteiger partial charge >= 0.3 is 0 Å². The lowest BCUT2D eigenvalue weighted by Gasteiger charge is -2.08. The van der Waals surface area contributed by atoms with Crippen LogP contribution in [0.4, 0.5) is 0 Å². The molecule has 1 fully saturated rings. The van der Waals surface area contributed by atoms with Crippen LogP contribution in [0.3, 0.4) is 0 Å². The molecular weight excluding hydrogens is 329 g/mol. The van der Waals surface area contributed by atoms with Gasteiger partial charge in [-0.3, -0.25) is 4.79 Å². The first-order valence-corrected chi connectivity index (χ1v) is 7.95. The monoisotopic (exact) mass is 345 g/mol. The third-order valence-electron chi connectivity index (χ3n) is 3.46. The van der Waals surface area contributed by atoms with Crippen LogP contribution in [0.5, 0.6) is 0 Å². The molecule has 2 heterocycles. The van der Waals surface area contributed by atoms with Crippen molar-refractivity contribution in [1.29, 1.82) is 0 Å². The predicted octanol–water partition coefficient (Wildman–Crippen LogP) is 2.64. The molecule has 4 nitrogen and oxygen atoms in total. The molecule has 0 radical (unpaired) electrons. The molecule has 1 aromatic heterocycles. The number of thiazole rings is 1. The zero-order valence-electron chi connectivity index (χ0n) is 11.4. The van der Waals surface area contributed by atoms with Crippen LogP contribution in [0.1, 0.15) is 11.4 Å². The fourth-order valence-corrected chi connectivity index (χ4v) is 3.48. The Balaban J connectivity index is 0.00000161. The Labute approximate surface area is 138 Å². The Morgan fingerprint density at radius 2 is 2.38 bits per heavy atom. The Hall–Kier alpha value is -0.880. The molecule has 1 atom stereocenters. The first-order valence-electron chi connectivity index (χ1n) is 6.76. The van der Waals surface area contributed by atoms with E-state index in [0.29, 0.717) is 11.6 Å². The van der Waals surface area contributed by atoms with Gasteiger partial charge in [0.05, 0.1) is 21.1 Å². The lowest BCUT2D eigenvalue weighted by atomic mass is 10.1. The van der Waals surface area contributed by atoms with Gasteiger partial charge in [-0.15, -0.1) is 23.7 Å². The van der Waals surface area contributed by atoms with Crippen molar-refractivity contribution in [1.82, 2.24) is 15.6 Å². The highest BCUT2D eigenvalue weighted by atomic mass is 35.5. The van der Waals surface area contributed by atoms with Gasteiger partial charge < -0.3 is 10.6 Å². The normalized spacial score (nSPS) is 17.7. The van der Waals surface area contributed by atoms with Gasteiger partial charge in [-0.05, 0) is 31.2 Å². The molecule has 2 N–H and O–H groups in total. The minimum Gasteiger partial charge on any atom is -0.355 e. The van der Waals surface area contributed by atoms with Crippen LogP contribution in [0.2, 0.25) is 5.02 Å². The second-order valence-corrected chi connectivity index (χ2v) is 6.50. The number of hydrogen-bond donors (Lipinski definition) is 2. The predicted molar refractivity (Wildman–Crippen MR) is 89.6 cm³/mol. The zero-order chi connectivity index (χ0) is 13.9. The quantitative estimate of drug-likeness (QED) is 0.895. The summed E-state index contributed by atoms with van der Waals surface area (Å²) in [6.07, 6.45) is 1.70. The molecule has 21 heavy (non-hydrogen) atoms. The van der Waals surface area contributed by atoms with Gasteiger partial charge in [-0.2, -0.15) is 0 Å². The second-order valence-electron chi connectivity index (χ2n) is 4.95. The van der Waals surface area contributed by atoms with Crippen LogP contribution in [0.15, 0.2) is 18.2 Å². The molecule has 114 valence electrons. The van der Waals surface area contributed by atoms with E-state index in [1.165, 1.54) is 0 Å². The second kappa shape index (κ2) is 7.40. The molecule has 1 unspecified atom stereocenters. The molecular formula is C14H17Cl2N3OS. The fourth-order valence-electron chi connectivity index (χ4n) is 2.37. The van der Waals surface area contributed by atoms with E-state index in [2.05, 4.69) is 15.6 Å². The number of carbonyl (C=O) groups is 1. The molecule has 2 aromatic rings. The fraction of sp³-hybridized carbons (Fsp3) is 0.429. The number of nitrogens with zero attached hydrogens (tertiary/aromatic N) is 1. The standard InChI is InChI=1S/C14H16ClN3OS.ClH/c15-10-1-2-12-11(7-10)18-13(20-12)4-6-17-14(19)9-3-5-16-8-9;/h1-2,7,9,16H,3-6,8H2,(H,17,19);1H. The average molecular weight is 346 g/mol. The molecule has 0 bridgehead atoms. The van der Waals surface area contributed by atoms with Crippen molar-refractivity contribution in [2.75, 3.05) is 19.6 Å². The number of aromatic nitrogens is 1. The molecule has 7 heteroatoms. The summed E-state index contributed by atoms with van der Waals surface area (Å²) >= 11 is 7.60. The van der Waals surface area contributed by atoms with Crippen LogP contribution in [0, 0.1) is 5.92 Å². The Morgan fingerprint density at radius 1 is 1.52 bits per heavy atom. The first-order chi connectivity index (χ1) is 9.72. The summed E-state index contributed by atoms with van der Waals surface area (Å²) in [5, 5.41) is 7.93. The Morgan fingerprint density at radius 3 is 3.14 bits per heavy atom. The molecule has 0 spiro atoms. The smallest absolute Gasteiger partial charge is 0.224 e. The van der Waals surface area contributed by atoms with Gasteiger partial charge in [0.2, 0.25) is 5.91 Å². The number of hydrogen-bond acceptors (Lipinski definition) is 4. The molecule has 1 aliphatic heterocycles. The molecule has 1 aliphatic rings. The van der Waals surface area contributed by atoms with E-state index in [4.69, 9.17) is 11.6 Å². The Bertz CT molecular complexity index is 626. The average Bonchev–Trinajstić information content (AvgIpc) is 3.06. The highest BCUT2D eigenvalue weighted by Crippen LogP contribution is 2.25. The minimum atomic E-state index is 0. The largest absolute Gasteiger partial charge is 0.355 e. The molecule has 3 rings (SSSR count). The van der Waals surface area contributed by atoms with Gasteiger partial charge in [-0.1, -0.05) is 11.6 Å². The van der Waals surface area contributed by atoms with Crippen molar-refractivity contribution in [3.05, 3.63) is 28.2 Å². The van der Waals surface area contributed by atoms with Crippen LogP contribution < -0.4 is 10.6 Å². The van der Waals surface area contributed by atoms with Crippen molar-refractivity contribution >= 4 is 51.5 Å². The summed E-state index contributed by atoms with van der Waals surface area (Å²) in [6.45, 7) is 2.38. The first kappa shape index (κ1) is 16.5. The summed E-state index contributed by atoms with van der Waals surface area (Å²) < 4.78 is 1.13. The molecule has 0 aliphatic carbocycles. The summed E-state index contributed by atoms with van der Waals surface area (Å²) in [6, 6.07) is 5.74. The maximum absolute atomic E-state index is 11.9. The summed E-state index contributed by atoms with van der Waals surface area (Å²) in [4.78, 5) is 16.4. The number of halogens is 2. The number of benzene rings is 1. The van der Waals surface area contributed by atoms with Crippen LogP contribution in [0.25, 0.3) is 10.2 Å². The maximum atomic E-state index is 11.9. The third-order valence-corrected chi connectivity index (χ3v) is 4.79. The molecule has 1 amide bonds. The number of rotatable bonds is 4. The van der Waals surface area contributed by atoms with Gasteiger partial charge in [0.15, 0.2) is 0 Å². The minimum absolute atomic E-state index is 0. The molecule has 0 saturated carbocycles. The maximum Gasteiger partial charge on any atom is 0.224 e. The van der Waals surface area contributed by atoms with Gasteiger partial charge in [0.1, 0.15) is 0 Å². The van der Waals surface area contributed by atoms with Crippen molar-refractivity contribution in [2.45, 2.75) is 12.8 Å². The van der Waals surface area contributed by atoms with E-state index in [9.17, 15) is 4.79 Å². The number of amides is 1. The van der Waals surface area contributed by atoms with E-state index < -0.39 is 0 Å². The van der Waals surface area contributed by atoms with E-state index >= 15 is 0 Å². The van der Waals surface area contributed by atoms with Gasteiger partial charge in [0.25, 0.3) is 0 Å². The number of carbonyl (C=O) groups excluding carboxylic acids is 1. The van der Waals surface area contributed by atoms with Crippen LogP contribution >= 0.6 is 35.3 Å². The highest BCUT2D eigenvalue weighted by molar-refractivity contribution is 7.18. The van der Waals surface area contributed by atoms with Gasteiger partial charge in [-0.25, -0.2) is 4.98 Å². The highest BCUT2D eigenvalue weighted by Gasteiger charge is 2.21. The number of nitrogens with one attached hydrogen (secondary N) is 2. The zero-order valence-corrected chi connectivity index (χ0v) is 13.8. The van der Waals surface area contributed by atoms with E-state index in [1.54, 1.807) is 11.3 Å². The summed E-state index contributed by atoms with van der Waals surface area (Å²) in [5.74, 6) is 0.281. The lowest BCUT2D eigenvalue weighted by Crippen LogP contribution is -2.33. The van der Waals surface area contributed by atoms with E-state index in [-0.39, 0.29) is 24.2 Å². The van der Waals surface area contributed by atoms with E-state index in [0.717, 1.165) is 41.2 Å². The summed E-state index contributed by atoms with van der Waals surface area (Å²) in [7, 11) is 0. The lowest BCUT2D eigenvalue weighted by molar-refractivity contribution is -0.124. The third kappa shape index (κ3) is 4.07. The molecule has 1 saturated heterocycles. The van der Waals surface area contributed by atoms with Crippen molar-refractivity contribution in [3.63, 3.8) is 0 Å². The van der Waals surface area contributed by atoms with Crippen molar-refractivity contribution in [2.24, 2.45) is 5.92 Å². The SMILES string of the molecule is Cl.O=C(NCCc1nc2cc(Cl)ccc2s1)C1CCNC1.